The fourth-order valence-electron chi connectivity index (χ4n) is 2.64. The quantitative estimate of drug-likeness (QED) is 0.910. The molecule has 0 fully saturated rings. The third-order valence-electron chi connectivity index (χ3n) is 3.63. The number of anilines is 2. The number of nitrogens with two attached hydrogens (primary N) is 1. The summed E-state index contributed by atoms with van der Waals surface area (Å²) in [6.45, 7) is 7.87. The Kier molecular flexibility index (Phi) is 4.45. The molecule has 0 spiro atoms. The smallest absolute Gasteiger partial charge is 0.134 e. The molecule has 1 aromatic heterocycles. The molecule has 0 radical (unpaired) electrons. The molecule has 1 heterocycles. The highest BCUT2D eigenvalue weighted by Gasteiger charge is 2.19. The molecule has 0 amide bonds. The minimum absolute atomic E-state index is 0.644. The van der Waals surface area contributed by atoms with Gasteiger partial charge in [0.2, 0.25) is 0 Å². The van der Waals surface area contributed by atoms with Gasteiger partial charge in [0.25, 0.3) is 0 Å². The van der Waals surface area contributed by atoms with Crippen LogP contribution in [-0.2, 0) is 13.5 Å². The van der Waals surface area contributed by atoms with Gasteiger partial charge in [0, 0.05) is 24.8 Å². The van der Waals surface area contributed by atoms with Gasteiger partial charge in [0.05, 0.1) is 5.69 Å². The number of hydrogen-bond acceptors (Lipinski definition) is 3. The number of hydrogen-bond donors (Lipinski definition) is 1. The van der Waals surface area contributed by atoms with Gasteiger partial charge in [-0.2, -0.15) is 5.10 Å². The molecule has 0 aliphatic carbocycles. The summed E-state index contributed by atoms with van der Waals surface area (Å²) in [7, 11) is 2.00. The van der Waals surface area contributed by atoms with Crippen LogP contribution < -0.4 is 10.6 Å². The standard InChI is InChI=1S/C16H24N4/c1-5-20(14-8-6-12(2)7-9-14)16-15(10-11-17)13(3)18-19(16)4/h6-9H,5,10-11,17H2,1-4H3. The second-order valence-electron chi connectivity index (χ2n) is 5.13. The summed E-state index contributed by atoms with van der Waals surface area (Å²) < 4.78 is 1.96. The van der Waals surface area contributed by atoms with E-state index in [1.54, 1.807) is 0 Å². The minimum Gasteiger partial charge on any atom is -0.330 e. The maximum atomic E-state index is 5.75. The predicted octanol–water partition coefficient (Wildman–Crippen LogP) is 2.70. The third-order valence-corrected chi connectivity index (χ3v) is 3.63. The summed E-state index contributed by atoms with van der Waals surface area (Å²) in [4.78, 5) is 2.30. The second kappa shape index (κ2) is 6.09. The van der Waals surface area contributed by atoms with Crippen LogP contribution in [0.25, 0.3) is 0 Å². The van der Waals surface area contributed by atoms with E-state index in [0.717, 1.165) is 24.5 Å². The lowest BCUT2D eigenvalue weighted by Gasteiger charge is -2.25. The Morgan fingerprint density at radius 2 is 1.85 bits per heavy atom. The van der Waals surface area contributed by atoms with Gasteiger partial charge >= 0.3 is 0 Å². The molecule has 0 saturated heterocycles. The van der Waals surface area contributed by atoms with Gasteiger partial charge < -0.3 is 10.6 Å². The molecule has 2 aromatic rings. The molecule has 2 rings (SSSR count). The van der Waals surface area contributed by atoms with Crippen molar-refractivity contribution in [3.05, 3.63) is 41.1 Å². The Labute approximate surface area is 121 Å². The highest BCUT2D eigenvalue weighted by molar-refractivity contribution is 5.64. The molecule has 2 N–H and O–H groups in total. The summed E-state index contributed by atoms with van der Waals surface area (Å²) in [6, 6.07) is 8.61. The fourth-order valence-corrected chi connectivity index (χ4v) is 2.64. The Balaban J connectivity index is 2.48. The first-order valence-corrected chi connectivity index (χ1v) is 7.15. The zero-order chi connectivity index (χ0) is 14.7. The zero-order valence-corrected chi connectivity index (χ0v) is 12.8. The van der Waals surface area contributed by atoms with Crippen LogP contribution in [0.5, 0.6) is 0 Å². The van der Waals surface area contributed by atoms with Crippen molar-refractivity contribution in [2.45, 2.75) is 27.2 Å². The van der Waals surface area contributed by atoms with Crippen molar-refractivity contribution in [2.24, 2.45) is 12.8 Å². The first-order valence-electron chi connectivity index (χ1n) is 7.15. The zero-order valence-electron chi connectivity index (χ0n) is 12.8. The van der Waals surface area contributed by atoms with Crippen LogP contribution >= 0.6 is 0 Å². The highest BCUT2D eigenvalue weighted by Crippen LogP contribution is 2.30. The molecule has 0 aliphatic rings. The molecule has 4 nitrogen and oxygen atoms in total. The highest BCUT2D eigenvalue weighted by atomic mass is 15.4. The number of nitrogens with zero attached hydrogens (tertiary/aromatic N) is 3. The van der Waals surface area contributed by atoms with Gasteiger partial charge in [-0.3, -0.25) is 4.68 Å². The number of benzene rings is 1. The molecular formula is C16H24N4. The topological polar surface area (TPSA) is 47.1 Å². The van der Waals surface area contributed by atoms with Gasteiger partial charge in [-0.25, -0.2) is 0 Å². The van der Waals surface area contributed by atoms with Crippen molar-refractivity contribution < 1.29 is 0 Å². The Bertz CT molecular complexity index is 569. The van der Waals surface area contributed by atoms with Crippen molar-refractivity contribution in [2.75, 3.05) is 18.0 Å². The van der Waals surface area contributed by atoms with Gasteiger partial charge in [-0.15, -0.1) is 0 Å². The molecule has 20 heavy (non-hydrogen) atoms. The molecule has 4 heteroatoms. The van der Waals surface area contributed by atoms with E-state index in [-0.39, 0.29) is 0 Å². The Hall–Kier alpha value is -1.81. The lowest BCUT2D eigenvalue weighted by atomic mass is 10.1. The van der Waals surface area contributed by atoms with E-state index in [0.29, 0.717) is 6.54 Å². The Morgan fingerprint density at radius 3 is 2.40 bits per heavy atom. The van der Waals surface area contributed by atoms with E-state index in [2.05, 4.69) is 55.0 Å². The molecule has 108 valence electrons. The summed E-state index contributed by atoms with van der Waals surface area (Å²) >= 11 is 0. The van der Waals surface area contributed by atoms with E-state index < -0.39 is 0 Å². The average molecular weight is 272 g/mol. The third kappa shape index (κ3) is 2.70. The van der Waals surface area contributed by atoms with Crippen molar-refractivity contribution in [1.82, 2.24) is 9.78 Å². The van der Waals surface area contributed by atoms with Gasteiger partial charge in [0.15, 0.2) is 0 Å². The predicted molar refractivity (Wildman–Crippen MR) is 84.6 cm³/mol. The van der Waals surface area contributed by atoms with E-state index >= 15 is 0 Å². The normalized spacial score (nSPS) is 10.8. The van der Waals surface area contributed by atoms with Gasteiger partial charge in [0.1, 0.15) is 5.82 Å². The van der Waals surface area contributed by atoms with E-state index in [1.807, 2.05) is 11.7 Å². The molecule has 0 unspecified atom stereocenters. The lowest BCUT2D eigenvalue weighted by Crippen LogP contribution is -2.21. The first kappa shape index (κ1) is 14.6. The molecular weight excluding hydrogens is 248 g/mol. The monoisotopic (exact) mass is 272 g/mol. The van der Waals surface area contributed by atoms with Crippen LogP contribution in [0, 0.1) is 13.8 Å². The van der Waals surface area contributed by atoms with Crippen LogP contribution in [0.4, 0.5) is 11.5 Å². The fraction of sp³-hybridized carbons (Fsp3) is 0.438. The van der Waals surface area contributed by atoms with E-state index in [4.69, 9.17) is 5.73 Å². The molecule has 0 saturated carbocycles. The second-order valence-corrected chi connectivity index (χ2v) is 5.13. The SMILES string of the molecule is CCN(c1ccc(C)cc1)c1c(CCN)c(C)nn1C. The number of aromatic nitrogens is 2. The average Bonchev–Trinajstić information content (AvgIpc) is 2.69. The number of rotatable bonds is 5. The van der Waals surface area contributed by atoms with Crippen LogP contribution in [-0.4, -0.2) is 22.9 Å². The van der Waals surface area contributed by atoms with Crippen molar-refractivity contribution in [3.8, 4) is 0 Å². The minimum atomic E-state index is 0.644. The van der Waals surface area contributed by atoms with Crippen molar-refractivity contribution in [3.63, 3.8) is 0 Å². The van der Waals surface area contributed by atoms with Crippen LogP contribution in [0.1, 0.15) is 23.7 Å². The molecule has 0 bridgehead atoms. The van der Waals surface area contributed by atoms with Crippen molar-refractivity contribution >= 4 is 11.5 Å². The summed E-state index contributed by atoms with van der Waals surface area (Å²) in [5.41, 5.74) is 10.5. The summed E-state index contributed by atoms with van der Waals surface area (Å²) in [5.74, 6) is 1.15. The maximum Gasteiger partial charge on any atom is 0.134 e. The Morgan fingerprint density at radius 1 is 1.20 bits per heavy atom. The van der Waals surface area contributed by atoms with Crippen LogP contribution in [0.15, 0.2) is 24.3 Å². The van der Waals surface area contributed by atoms with E-state index in [9.17, 15) is 0 Å². The summed E-state index contributed by atoms with van der Waals surface area (Å²) in [6.07, 6.45) is 0.859. The van der Waals surface area contributed by atoms with E-state index in [1.165, 1.54) is 16.8 Å². The van der Waals surface area contributed by atoms with Gasteiger partial charge in [-0.1, -0.05) is 17.7 Å². The van der Waals surface area contributed by atoms with Crippen molar-refractivity contribution in [1.29, 1.82) is 0 Å². The largest absolute Gasteiger partial charge is 0.330 e. The summed E-state index contributed by atoms with van der Waals surface area (Å²) in [5, 5.41) is 4.56. The lowest BCUT2D eigenvalue weighted by molar-refractivity contribution is 0.741. The molecule has 0 aliphatic heterocycles. The number of aryl methyl sites for hydroxylation is 3. The molecule has 0 atom stereocenters. The molecule has 1 aromatic carbocycles. The van der Waals surface area contributed by atoms with Crippen LogP contribution in [0.2, 0.25) is 0 Å². The maximum absolute atomic E-state index is 5.75. The van der Waals surface area contributed by atoms with Gasteiger partial charge in [-0.05, 0) is 45.9 Å². The van der Waals surface area contributed by atoms with Crippen LogP contribution in [0.3, 0.4) is 0 Å². The first-order chi connectivity index (χ1) is 9.58.